The summed E-state index contributed by atoms with van der Waals surface area (Å²) in [5.74, 6) is -3.57. The molecule has 198 valence electrons. The van der Waals surface area contributed by atoms with Gasteiger partial charge in [0.25, 0.3) is 5.60 Å². The number of carbonyl (C=O) groups is 2. The summed E-state index contributed by atoms with van der Waals surface area (Å²) in [7, 11) is 0. The van der Waals surface area contributed by atoms with Gasteiger partial charge < -0.3 is 30.5 Å². The van der Waals surface area contributed by atoms with Gasteiger partial charge in [-0.15, -0.1) is 0 Å². The van der Waals surface area contributed by atoms with Crippen molar-refractivity contribution in [1.29, 1.82) is 0 Å². The fourth-order valence-corrected chi connectivity index (χ4v) is 4.61. The highest BCUT2D eigenvalue weighted by Crippen LogP contribution is 2.35. The van der Waals surface area contributed by atoms with Crippen LogP contribution in [0.2, 0.25) is 5.28 Å². The molecule has 3 heterocycles. The normalized spacial score (nSPS) is 21.8. The van der Waals surface area contributed by atoms with Crippen LogP contribution in [0.4, 0.5) is 10.2 Å². The molecule has 14 heteroatoms. The van der Waals surface area contributed by atoms with Gasteiger partial charge in [0.05, 0.1) is 12.9 Å². The van der Waals surface area contributed by atoms with Crippen molar-refractivity contribution >= 4 is 51.3 Å². The Labute approximate surface area is 218 Å². The second-order valence-corrected chi connectivity index (χ2v) is 9.15. The molecule has 4 atom stereocenters. The van der Waals surface area contributed by atoms with E-state index in [2.05, 4.69) is 15.0 Å². The number of nitrogens with zero attached hydrogens (tertiary/aromatic N) is 4. The minimum absolute atomic E-state index is 0.0469. The molecule has 38 heavy (non-hydrogen) atoms. The number of aliphatic carboxylic acids is 2. The van der Waals surface area contributed by atoms with Gasteiger partial charge in [-0.2, -0.15) is 9.97 Å². The Morgan fingerprint density at radius 2 is 1.87 bits per heavy atom. The summed E-state index contributed by atoms with van der Waals surface area (Å²) in [4.78, 5) is 36.2. The first-order chi connectivity index (χ1) is 18.1. The number of ether oxygens (including phenoxy) is 2. The van der Waals surface area contributed by atoms with Crippen molar-refractivity contribution < 1.29 is 38.8 Å². The molecular formula is C24H21ClFN5O7. The fraction of sp³-hybridized carbons (Fsp3) is 0.292. The first-order valence-electron chi connectivity index (χ1n) is 11.3. The Hall–Kier alpha value is -3.91. The molecular weight excluding hydrogens is 525 g/mol. The number of alkyl halides is 1. The Morgan fingerprint density at radius 1 is 1.16 bits per heavy atom. The molecule has 0 saturated carbocycles. The number of aliphatic hydroxyl groups excluding tert-OH is 1. The second-order valence-electron chi connectivity index (χ2n) is 8.81. The van der Waals surface area contributed by atoms with E-state index in [0.29, 0.717) is 5.56 Å². The van der Waals surface area contributed by atoms with Crippen LogP contribution in [0.15, 0.2) is 48.8 Å². The average Bonchev–Trinajstić information content (AvgIpc) is 3.42. The molecule has 1 aliphatic heterocycles. The van der Waals surface area contributed by atoms with Crippen molar-refractivity contribution in [3.05, 3.63) is 59.6 Å². The summed E-state index contributed by atoms with van der Waals surface area (Å²) >= 11 is 5.85. The van der Waals surface area contributed by atoms with Gasteiger partial charge in [-0.1, -0.05) is 42.5 Å². The van der Waals surface area contributed by atoms with E-state index in [1.165, 1.54) is 6.33 Å². The number of rotatable bonds is 8. The van der Waals surface area contributed by atoms with E-state index in [1.807, 2.05) is 12.1 Å². The molecule has 12 nitrogen and oxygen atoms in total. The van der Waals surface area contributed by atoms with Gasteiger partial charge in [0.2, 0.25) is 5.28 Å². The summed E-state index contributed by atoms with van der Waals surface area (Å²) in [5, 5.41) is 31.7. The largest absolute Gasteiger partial charge is 0.479 e. The molecule has 0 bridgehead atoms. The third-order valence-electron chi connectivity index (χ3n) is 6.44. The number of anilines is 1. The number of aliphatic hydroxyl groups is 1. The highest BCUT2D eigenvalue weighted by Gasteiger charge is 2.52. The molecule has 0 radical (unpaired) electrons. The Bertz CT molecular complexity index is 1540. The first-order valence-corrected chi connectivity index (χ1v) is 11.7. The van der Waals surface area contributed by atoms with Gasteiger partial charge in [0.1, 0.15) is 17.7 Å². The number of imidazole rings is 1. The average molecular weight is 546 g/mol. The first kappa shape index (κ1) is 25.7. The summed E-state index contributed by atoms with van der Waals surface area (Å²) < 4.78 is 27.3. The molecule has 4 aromatic rings. The van der Waals surface area contributed by atoms with Gasteiger partial charge >= 0.3 is 11.9 Å². The topological polar surface area (TPSA) is 183 Å². The lowest BCUT2D eigenvalue weighted by Crippen LogP contribution is -2.52. The number of hydrogen-bond donors (Lipinski definition) is 4. The standard InChI is InChI=1S/C24H21ClFN5O7/c25-23-29-18(27)16-19(30-23)31(10-28-16)20-15(26)17(32)14(38-20)9-37-24(21(33)34,22(35)36)8-11-5-6-12-3-1-2-4-13(12)7-11/h1-7,10,14-15,17,20,32H,8-9H2,(H,33,34)(H,35,36)(H2,27,29,30)/t14-,15+,17-,20-/m1/s1. The highest BCUT2D eigenvalue weighted by molar-refractivity contribution is 6.28. The quantitative estimate of drug-likeness (QED) is 0.187. The maximum absolute atomic E-state index is 15.1. The van der Waals surface area contributed by atoms with E-state index in [9.17, 15) is 24.9 Å². The maximum atomic E-state index is 15.1. The number of carboxylic acids is 2. The minimum Gasteiger partial charge on any atom is -0.479 e. The molecule has 2 aromatic carbocycles. The summed E-state index contributed by atoms with van der Waals surface area (Å²) in [6, 6.07) is 12.3. The van der Waals surface area contributed by atoms with Crippen LogP contribution >= 0.6 is 11.6 Å². The summed E-state index contributed by atoms with van der Waals surface area (Å²) in [5.41, 5.74) is 3.62. The number of aromatic nitrogens is 4. The van der Waals surface area contributed by atoms with Crippen LogP contribution in [0.25, 0.3) is 21.9 Å². The van der Waals surface area contributed by atoms with Crippen molar-refractivity contribution in [3.8, 4) is 0 Å². The summed E-state index contributed by atoms with van der Waals surface area (Å²) in [6.45, 7) is -0.741. The zero-order valence-corrected chi connectivity index (χ0v) is 20.2. The lowest BCUT2D eigenvalue weighted by atomic mass is 9.92. The Morgan fingerprint density at radius 3 is 2.58 bits per heavy atom. The lowest BCUT2D eigenvalue weighted by Gasteiger charge is -2.27. The lowest BCUT2D eigenvalue weighted by molar-refractivity contribution is -0.189. The number of carboxylic acid groups (broad SMARTS) is 2. The molecule has 0 spiro atoms. The number of nitrogens with two attached hydrogens (primary N) is 1. The molecule has 5 rings (SSSR count). The predicted octanol–water partition coefficient (Wildman–Crippen LogP) is 1.98. The molecule has 5 N–H and O–H groups in total. The third kappa shape index (κ3) is 4.39. The van der Waals surface area contributed by atoms with Crippen LogP contribution in [0.5, 0.6) is 0 Å². The molecule has 0 unspecified atom stereocenters. The molecule has 2 aromatic heterocycles. The molecule has 0 amide bonds. The summed E-state index contributed by atoms with van der Waals surface area (Å²) in [6.07, 6.45) is -6.05. The van der Waals surface area contributed by atoms with Crippen LogP contribution in [0.1, 0.15) is 11.8 Å². The van der Waals surface area contributed by atoms with E-state index in [-0.39, 0.29) is 22.3 Å². The molecule has 1 aliphatic rings. The van der Waals surface area contributed by atoms with Gasteiger partial charge in [0, 0.05) is 6.42 Å². The zero-order chi connectivity index (χ0) is 27.2. The van der Waals surface area contributed by atoms with E-state index >= 15 is 4.39 Å². The van der Waals surface area contributed by atoms with Crippen LogP contribution in [-0.2, 0) is 25.5 Å². The minimum atomic E-state index is -2.73. The second kappa shape index (κ2) is 9.76. The molecule has 0 aliphatic carbocycles. The van der Waals surface area contributed by atoms with Crippen molar-refractivity contribution in [1.82, 2.24) is 19.5 Å². The van der Waals surface area contributed by atoms with E-state index in [0.717, 1.165) is 15.3 Å². The monoisotopic (exact) mass is 545 g/mol. The maximum Gasteiger partial charge on any atom is 0.348 e. The van der Waals surface area contributed by atoms with Crippen LogP contribution in [0.3, 0.4) is 0 Å². The predicted molar refractivity (Wildman–Crippen MR) is 131 cm³/mol. The van der Waals surface area contributed by atoms with E-state index in [1.54, 1.807) is 30.3 Å². The number of hydrogen-bond acceptors (Lipinski definition) is 9. The fourth-order valence-electron chi connectivity index (χ4n) is 4.44. The molecule has 1 fully saturated rings. The smallest absolute Gasteiger partial charge is 0.348 e. The Kier molecular flexibility index (Phi) is 6.61. The van der Waals surface area contributed by atoms with Gasteiger partial charge in [-0.3, -0.25) is 4.57 Å². The van der Waals surface area contributed by atoms with Crippen molar-refractivity contribution in [2.24, 2.45) is 0 Å². The van der Waals surface area contributed by atoms with Gasteiger partial charge in [-0.25, -0.2) is 19.0 Å². The number of fused-ring (bicyclic) bond motifs is 2. The number of halogens is 2. The van der Waals surface area contributed by atoms with Crippen LogP contribution < -0.4 is 5.73 Å². The van der Waals surface area contributed by atoms with E-state index < -0.39 is 55.2 Å². The zero-order valence-electron chi connectivity index (χ0n) is 19.4. The SMILES string of the molecule is Nc1nc(Cl)nc2c1ncn2[C@@H]1O[C@H](COC(Cc2ccc3ccccc3c2)(C(=O)O)C(=O)O)[C@@H](O)[C@@H]1F. The van der Waals surface area contributed by atoms with Gasteiger partial charge in [0.15, 0.2) is 23.9 Å². The molecule has 1 saturated heterocycles. The van der Waals surface area contributed by atoms with Crippen molar-refractivity contribution in [2.75, 3.05) is 12.3 Å². The Balaban J connectivity index is 1.39. The van der Waals surface area contributed by atoms with E-state index in [4.69, 9.17) is 26.8 Å². The highest BCUT2D eigenvalue weighted by atomic mass is 35.5. The van der Waals surface area contributed by atoms with Crippen molar-refractivity contribution in [3.63, 3.8) is 0 Å². The van der Waals surface area contributed by atoms with Gasteiger partial charge in [-0.05, 0) is 27.9 Å². The number of nitrogen functional groups attached to an aromatic ring is 1. The van der Waals surface area contributed by atoms with Crippen molar-refractivity contribution in [2.45, 2.75) is 36.6 Å². The number of benzene rings is 2. The van der Waals surface area contributed by atoms with Crippen LogP contribution in [-0.4, -0.2) is 77.4 Å². The van der Waals surface area contributed by atoms with Crippen LogP contribution in [0, 0.1) is 0 Å². The third-order valence-corrected chi connectivity index (χ3v) is 6.61.